The summed E-state index contributed by atoms with van der Waals surface area (Å²) in [5, 5.41) is 1.85. The lowest BCUT2D eigenvalue weighted by atomic mass is 10.1. The van der Waals surface area contributed by atoms with Crippen molar-refractivity contribution < 1.29 is 9.36 Å². The molecule has 1 aromatic heterocycles. The Hall–Kier alpha value is -1.97. The maximum Gasteiger partial charge on any atom is 0.242 e. The van der Waals surface area contributed by atoms with Crippen molar-refractivity contribution in [3.63, 3.8) is 0 Å². The summed E-state index contributed by atoms with van der Waals surface area (Å²) in [7, 11) is 0. The van der Waals surface area contributed by atoms with Crippen LogP contribution < -0.4 is 4.57 Å². The average molecular weight is 357 g/mol. The molecule has 2 aromatic carbocycles. The van der Waals surface area contributed by atoms with E-state index in [1.165, 1.54) is 15.4 Å². The third kappa shape index (κ3) is 3.74. The molecule has 1 heterocycles. The van der Waals surface area contributed by atoms with Crippen LogP contribution in [0.2, 0.25) is 5.02 Å². The minimum Gasteiger partial charge on any atom is -0.287 e. The highest BCUT2D eigenvalue weighted by atomic mass is 35.5. The van der Waals surface area contributed by atoms with Gasteiger partial charge in [0.05, 0.1) is 11.3 Å². The van der Waals surface area contributed by atoms with Crippen LogP contribution in [0.4, 0.5) is 0 Å². The fraction of sp³-hybridized carbons (Fsp3) is 0.200. The minimum atomic E-state index is 0.104. The zero-order valence-electron chi connectivity index (χ0n) is 13.8. The zero-order chi connectivity index (χ0) is 17.1. The number of carbonyl (C=O) groups excluding carboxylic acids is 1. The van der Waals surface area contributed by atoms with Gasteiger partial charge in [0, 0.05) is 17.5 Å². The largest absolute Gasteiger partial charge is 0.287 e. The molecule has 0 aliphatic heterocycles. The quantitative estimate of drug-likeness (QED) is 0.476. The number of carbonyl (C=O) groups is 1. The molecule has 4 heteroatoms. The van der Waals surface area contributed by atoms with Gasteiger partial charge in [-0.2, -0.15) is 4.57 Å². The second kappa shape index (κ2) is 7.29. The second-order valence-corrected chi connectivity index (χ2v) is 7.54. The average Bonchev–Trinajstić information content (AvgIpc) is 2.84. The first-order chi connectivity index (χ1) is 11.5. The number of hydrogen-bond donors (Lipinski definition) is 0. The SMILES string of the molecule is Cc1sc(Cc2ccccc2)[n+](CC(=O)c2ccc(Cl)cc2)c1C. The Balaban J connectivity index is 1.87. The number of nitrogens with zero attached hydrogens (tertiary/aromatic N) is 1. The van der Waals surface area contributed by atoms with E-state index in [0.29, 0.717) is 17.1 Å². The van der Waals surface area contributed by atoms with E-state index < -0.39 is 0 Å². The van der Waals surface area contributed by atoms with Crippen molar-refractivity contribution in [1.29, 1.82) is 0 Å². The first-order valence-electron chi connectivity index (χ1n) is 7.86. The fourth-order valence-corrected chi connectivity index (χ4v) is 3.95. The number of halogens is 1. The van der Waals surface area contributed by atoms with Gasteiger partial charge in [0.2, 0.25) is 17.3 Å². The van der Waals surface area contributed by atoms with E-state index in [9.17, 15) is 4.79 Å². The summed E-state index contributed by atoms with van der Waals surface area (Å²) in [5.41, 5.74) is 3.11. The van der Waals surface area contributed by atoms with Crippen molar-refractivity contribution in [1.82, 2.24) is 0 Å². The normalized spacial score (nSPS) is 10.8. The van der Waals surface area contributed by atoms with E-state index in [1.54, 1.807) is 35.6 Å². The van der Waals surface area contributed by atoms with Crippen LogP contribution in [0.15, 0.2) is 54.6 Å². The molecule has 0 fully saturated rings. The van der Waals surface area contributed by atoms with Crippen molar-refractivity contribution in [2.75, 3.05) is 0 Å². The number of benzene rings is 2. The standard InChI is InChI=1S/C20H19ClNOS/c1-14-15(2)24-20(12-16-6-4-3-5-7-16)22(14)13-19(23)17-8-10-18(21)11-9-17/h3-11H,12-13H2,1-2H3/q+1. The van der Waals surface area contributed by atoms with Crippen LogP contribution in [0.3, 0.4) is 0 Å². The van der Waals surface area contributed by atoms with E-state index in [2.05, 4.69) is 30.5 Å². The summed E-state index contributed by atoms with van der Waals surface area (Å²) < 4.78 is 2.14. The first-order valence-corrected chi connectivity index (χ1v) is 9.05. The van der Waals surface area contributed by atoms with E-state index in [4.69, 9.17) is 11.6 Å². The van der Waals surface area contributed by atoms with E-state index in [1.807, 2.05) is 18.2 Å². The van der Waals surface area contributed by atoms with Gasteiger partial charge in [0.1, 0.15) is 0 Å². The molecule has 2 nitrogen and oxygen atoms in total. The van der Waals surface area contributed by atoms with Gasteiger partial charge in [0.25, 0.3) is 0 Å². The fourth-order valence-electron chi connectivity index (χ4n) is 2.66. The van der Waals surface area contributed by atoms with Gasteiger partial charge in [-0.25, -0.2) is 0 Å². The lowest BCUT2D eigenvalue weighted by Crippen LogP contribution is -2.42. The molecule has 0 atom stereocenters. The van der Waals surface area contributed by atoms with Gasteiger partial charge in [-0.3, -0.25) is 4.79 Å². The van der Waals surface area contributed by atoms with Crippen LogP contribution >= 0.6 is 22.9 Å². The van der Waals surface area contributed by atoms with Crippen LogP contribution in [-0.2, 0) is 13.0 Å². The molecular formula is C20H19ClNOS+. The topological polar surface area (TPSA) is 20.9 Å². The Bertz CT molecular complexity index is 853. The molecule has 3 rings (SSSR count). The number of aromatic nitrogens is 1. The van der Waals surface area contributed by atoms with Gasteiger partial charge in [0.15, 0.2) is 5.69 Å². The Labute approximate surface area is 151 Å². The van der Waals surface area contributed by atoms with Crippen molar-refractivity contribution in [2.24, 2.45) is 0 Å². The van der Waals surface area contributed by atoms with Gasteiger partial charge in [-0.05, 0) is 36.8 Å². The number of rotatable bonds is 5. The summed E-state index contributed by atoms with van der Waals surface area (Å²) in [6.45, 7) is 4.55. The molecule has 3 aromatic rings. The number of Topliss-reactive ketones (excluding diaryl/α,β-unsaturated/α-hetero) is 1. The predicted molar refractivity (Wildman–Crippen MR) is 99.0 cm³/mol. The van der Waals surface area contributed by atoms with Gasteiger partial charge in [-0.1, -0.05) is 53.3 Å². The number of aryl methyl sites for hydroxylation is 1. The van der Waals surface area contributed by atoms with Crippen LogP contribution in [0.1, 0.15) is 31.5 Å². The smallest absolute Gasteiger partial charge is 0.242 e. The summed E-state index contributed by atoms with van der Waals surface area (Å²) in [4.78, 5) is 13.9. The molecule has 0 N–H and O–H groups in total. The highest BCUT2D eigenvalue weighted by Gasteiger charge is 2.24. The lowest BCUT2D eigenvalue weighted by Gasteiger charge is -2.02. The van der Waals surface area contributed by atoms with Crippen molar-refractivity contribution in [2.45, 2.75) is 26.8 Å². The molecule has 0 saturated heterocycles. The summed E-state index contributed by atoms with van der Waals surface area (Å²) in [6, 6.07) is 17.5. The summed E-state index contributed by atoms with van der Waals surface area (Å²) in [5.74, 6) is 0.104. The molecule has 0 aliphatic rings. The number of ketones is 1. The summed E-state index contributed by atoms with van der Waals surface area (Å²) in [6.07, 6.45) is 0.841. The molecule has 0 spiro atoms. The predicted octanol–water partition coefficient (Wildman–Crippen LogP) is 4.78. The molecule has 122 valence electrons. The molecule has 0 amide bonds. The van der Waals surface area contributed by atoms with Crippen molar-refractivity contribution >= 4 is 28.7 Å². The molecule has 0 saturated carbocycles. The maximum absolute atomic E-state index is 12.6. The Kier molecular flexibility index (Phi) is 5.12. The third-order valence-corrected chi connectivity index (χ3v) is 5.61. The van der Waals surface area contributed by atoms with Gasteiger partial charge in [-0.15, -0.1) is 0 Å². The highest BCUT2D eigenvalue weighted by molar-refractivity contribution is 7.11. The lowest BCUT2D eigenvalue weighted by molar-refractivity contribution is -0.691. The number of thiazole rings is 1. The minimum absolute atomic E-state index is 0.104. The monoisotopic (exact) mass is 356 g/mol. The number of hydrogen-bond acceptors (Lipinski definition) is 2. The Morgan fingerprint density at radius 2 is 1.71 bits per heavy atom. The molecule has 0 unspecified atom stereocenters. The van der Waals surface area contributed by atoms with Crippen LogP contribution in [0.25, 0.3) is 0 Å². The van der Waals surface area contributed by atoms with Crippen molar-refractivity contribution in [3.8, 4) is 0 Å². The van der Waals surface area contributed by atoms with Gasteiger partial charge >= 0.3 is 0 Å². The highest BCUT2D eigenvalue weighted by Crippen LogP contribution is 2.19. The molecule has 0 radical (unpaired) electrons. The summed E-state index contributed by atoms with van der Waals surface area (Å²) >= 11 is 7.67. The second-order valence-electron chi connectivity index (χ2n) is 5.82. The van der Waals surface area contributed by atoms with Crippen LogP contribution in [0, 0.1) is 13.8 Å². The Morgan fingerprint density at radius 1 is 1.04 bits per heavy atom. The van der Waals surface area contributed by atoms with Crippen molar-refractivity contribution in [3.05, 3.63) is 86.3 Å². The molecule has 0 bridgehead atoms. The van der Waals surface area contributed by atoms with Crippen LogP contribution in [0.5, 0.6) is 0 Å². The first kappa shape index (κ1) is 16.9. The Morgan fingerprint density at radius 3 is 2.38 bits per heavy atom. The molecular weight excluding hydrogens is 338 g/mol. The zero-order valence-corrected chi connectivity index (χ0v) is 15.3. The van der Waals surface area contributed by atoms with Gasteiger partial charge < -0.3 is 0 Å². The maximum atomic E-state index is 12.6. The van der Waals surface area contributed by atoms with E-state index >= 15 is 0 Å². The van der Waals surface area contributed by atoms with E-state index in [-0.39, 0.29) is 5.78 Å². The van der Waals surface area contributed by atoms with Crippen LogP contribution in [-0.4, -0.2) is 5.78 Å². The van der Waals surface area contributed by atoms with E-state index in [0.717, 1.165) is 12.1 Å². The third-order valence-electron chi connectivity index (χ3n) is 4.15. The molecule has 0 aliphatic carbocycles. The molecule has 24 heavy (non-hydrogen) atoms.